The van der Waals surface area contributed by atoms with E-state index in [1.807, 2.05) is 30.3 Å². The van der Waals surface area contributed by atoms with Gasteiger partial charge in [0, 0.05) is 11.6 Å². The average Bonchev–Trinajstić information content (AvgIpc) is 3.36. The van der Waals surface area contributed by atoms with E-state index in [2.05, 4.69) is 45.3 Å². The van der Waals surface area contributed by atoms with E-state index in [1.54, 1.807) is 23.7 Å². The van der Waals surface area contributed by atoms with Crippen molar-refractivity contribution in [2.75, 3.05) is 6.79 Å². The van der Waals surface area contributed by atoms with Gasteiger partial charge in [-0.15, -0.1) is 11.3 Å². The van der Waals surface area contributed by atoms with Gasteiger partial charge in [0.05, 0.1) is 24.1 Å². The summed E-state index contributed by atoms with van der Waals surface area (Å²) >= 11 is 1.62. The SMILES string of the molecule is c1ccc(-c2csc(=Nc3cccnc3)n2Cc2ccc3c(c2)OCO3)cc1. The number of hydrogen-bond donors (Lipinski definition) is 0. The third kappa shape index (κ3) is 3.30. The molecule has 0 saturated carbocycles. The first-order valence-corrected chi connectivity index (χ1v) is 9.82. The van der Waals surface area contributed by atoms with Gasteiger partial charge in [0.15, 0.2) is 16.3 Å². The van der Waals surface area contributed by atoms with E-state index in [-0.39, 0.29) is 6.79 Å². The number of hydrogen-bond acceptors (Lipinski definition) is 5. The second-order valence-electron chi connectivity index (χ2n) is 6.37. The highest BCUT2D eigenvalue weighted by atomic mass is 32.1. The van der Waals surface area contributed by atoms with Crippen LogP contribution in [0.3, 0.4) is 0 Å². The number of ether oxygens (including phenoxy) is 2. The molecule has 0 N–H and O–H groups in total. The van der Waals surface area contributed by atoms with E-state index in [1.165, 1.54) is 0 Å². The van der Waals surface area contributed by atoms with Crippen LogP contribution in [0.15, 0.2) is 83.4 Å². The molecular weight excluding hydrogens is 370 g/mol. The first-order chi connectivity index (χ1) is 13.9. The third-order valence-electron chi connectivity index (χ3n) is 4.52. The van der Waals surface area contributed by atoms with Gasteiger partial charge >= 0.3 is 0 Å². The lowest BCUT2D eigenvalue weighted by Crippen LogP contribution is -2.16. The van der Waals surface area contributed by atoms with Crippen LogP contribution in [-0.2, 0) is 6.54 Å². The van der Waals surface area contributed by atoms with Crippen molar-refractivity contribution in [3.05, 3.63) is 88.8 Å². The molecule has 4 aromatic rings. The summed E-state index contributed by atoms with van der Waals surface area (Å²) < 4.78 is 13.2. The topological polar surface area (TPSA) is 48.6 Å². The Hall–Kier alpha value is -3.38. The molecule has 0 bridgehead atoms. The molecule has 1 aliphatic heterocycles. The Morgan fingerprint density at radius 1 is 1.00 bits per heavy atom. The van der Waals surface area contributed by atoms with Crippen LogP contribution in [0.25, 0.3) is 11.3 Å². The molecule has 138 valence electrons. The molecule has 0 spiro atoms. The molecule has 0 saturated heterocycles. The molecule has 0 fully saturated rings. The maximum absolute atomic E-state index is 5.54. The highest BCUT2D eigenvalue weighted by Gasteiger charge is 2.15. The van der Waals surface area contributed by atoms with Crippen molar-refractivity contribution in [2.45, 2.75) is 6.54 Å². The summed E-state index contributed by atoms with van der Waals surface area (Å²) in [4.78, 5) is 9.91. The summed E-state index contributed by atoms with van der Waals surface area (Å²) in [6, 6.07) is 20.3. The maximum Gasteiger partial charge on any atom is 0.231 e. The van der Waals surface area contributed by atoms with Crippen LogP contribution >= 0.6 is 11.3 Å². The van der Waals surface area contributed by atoms with Gasteiger partial charge in [-0.1, -0.05) is 36.4 Å². The molecule has 2 aromatic carbocycles. The molecular formula is C22H17N3O2S. The minimum absolute atomic E-state index is 0.279. The molecule has 5 nitrogen and oxygen atoms in total. The molecule has 28 heavy (non-hydrogen) atoms. The highest BCUT2D eigenvalue weighted by Crippen LogP contribution is 2.33. The Morgan fingerprint density at radius 3 is 2.75 bits per heavy atom. The molecule has 3 heterocycles. The Bertz CT molecular complexity index is 1170. The largest absolute Gasteiger partial charge is 0.454 e. The fourth-order valence-corrected chi connectivity index (χ4v) is 4.09. The lowest BCUT2D eigenvalue weighted by Gasteiger charge is -2.10. The van der Waals surface area contributed by atoms with Gasteiger partial charge in [0.2, 0.25) is 6.79 Å². The van der Waals surface area contributed by atoms with Crippen molar-refractivity contribution in [2.24, 2.45) is 4.99 Å². The number of aromatic nitrogens is 2. The quantitative estimate of drug-likeness (QED) is 0.513. The Kier molecular flexibility index (Phi) is 4.39. The Balaban J connectivity index is 1.61. The van der Waals surface area contributed by atoms with Crippen LogP contribution in [0.4, 0.5) is 5.69 Å². The Morgan fingerprint density at radius 2 is 1.89 bits per heavy atom. The minimum atomic E-state index is 0.279. The monoisotopic (exact) mass is 387 g/mol. The Labute approximate surface area is 166 Å². The lowest BCUT2D eigenvalue weighted by molar-refractivity contribution is 0.174. The van der Waals surface area contributed by atoms with Crippen molar-refractivity contribution in [3.8, 4) is 22.8 Å². The summed E-state index contributed by atoms with van der Waals surface area (Å²) in [5.41, 5.74) is 4.26. The van der Waals surface area contributed by atoms with E-state index in [0.29, 0.717) is 6.54 Å². The van der Waals surface area contributed by atoms with Crippen LogP contribution in [0.1, 0.15) is 5.56 Å². The zero-order valence-corrected chi connectivity index (χ0v) is 15.8. The van der Waals surface area contributed by atoms with E-state index in [4.69, 9.17) is 14.5 Å². The molecule has 0 radical (unpaired) electrons. The minimum Gasteiger partial charge on any atom is -0.454 e. The van der Waals surface area contributed by atoms with Crippen LogP contribution in [-0.4, -0.2) is 16.3 Å². The molecule has 1 aliphatic rings. The number of thiazole rings is 1. The normalized spacial score (nSPS) is 13.1. The van der Waals surface area contributed by atoms with Crippen LogP contribution in [0.2, 0.25) is 0 Å². The van der Waals surface area contributed by atoms with Gasteiger partial charge in [-0.05, 0) is 35.4 Å². The highest BCUT2D eigenvalue weighted by molar-refractivity contribution is 7.07. The van der Waals surface area contributed by atoms with Crippen LogP contribution in [0.5, 0.6) is 11.5 Å². The fraction of sp³-hybridized carbons (Fsp3) is 0.0909. The lowest BCUT2D eigenvalue weighted by atomic mass is 10.1. The fourth-order valence-electron chi connectivity index (χ4n) is 3.16. The van der Waals surface area contributed by atoms with Crippen molar-refractivity contribution in [1.29, 1.82) is 0 Å². The second-order valence-corrected chi connectivity index (χ2v) is 7.20. The predicted molar refractivity (Wildman–Crippen MR) is 109 cm³/mol. The van der Waals surface area contributed by atoms with Crippen molar-refractivity contribution in [3.63, 3.8) is 0 Å². The smallest absolute Gasteiger partial charge is 0.231 e. The van der Waals surface area contributed by atoms with Crippen molar-refractivity contribution in [1.82, 2.24) is 9.55 Å². The molecule has 0 aliphatic carbocycles. The third-order valence-corrected chi connectivity index (χ3v) is 5.38. The van der Waals surface area contributed by atoms with E-state index in [0.717, 1.165) is 38.8 Å². The molecule has 6 heteroatoms. The van der Waals surface area contributed by atoms with Crippen LogP contribution in [0, 0.1) is 0 Å². The van der Waals surface area contributed by atoms with Crippen molar-refractivity contribution < 1.29 is 9.47 Å². The standard InChI is InChI=1S/C22H17N3O2S/c1-2-5-17(6-3-1)19-14-28-22(24-18-7-4-10-23-12-18)25(19)13-16-8-9-20-21(11-16)27-15-26-20/h1-12,14H,13,15H2. The van der Waals surface area contributed by atoms with Crippen LogP contribution < -0.4 is 14.3 Å². The molecule has 5 rings (SSSR count). The summed E-state index contributed by atoms with van der Waals surface area (Å²) in [6.45, 7) is 0.963. The second kappa shape index (κ2) is 7.32. The molecule has 0 amide bonds. The van der Waals surface area contributed by atoms with E-state index >= 15 is 0 Å². The van der Waals surface area contributed by atoms with Gasteiger partial charge in [-0.2, -0.15) is 0 Å². The number of fused-ring (bicyclic) bond motifs is 1. The summed E-state index contributed by atoms with van der Waals surface area (Å²) in [6.07, 6.45) is 3.52. The first kappa shape index (κ1) is 16.8. The summed E-state index contributed by atoms with van der Waals surface area (Å²) in [7, 11) is 0. The van der Waals surface area contributed by atoms with Gasteiger partial charge in [0.1, 0.15) is 0 Å². The molecule has 2 aromatic heterocycles. The number of nitrogens with zero attached hydrogens (tertiary/aromatic N) is 3. The van der Waals surface area contributed by atoms with Gasteiger partial charge < -0.3 is 14.0 Å². The predicted octanol–water partition coefficient (Wildman–Crippen LogP) is 4.62. The zero-order valence-electron chi connectivity index (χ0n) is 15.0. The summed E-state index contributed by atoms with van der Waals surface area (Å²) in [5, 5.41) is 2.15. The maximum atomic E-state index is 5.54. The van der Waals surface area contributed by atoms with Gasteiger partial charge in [-0.3, -0.25) is 4.98 Å². The van der Waals surface area contributed by atoms with E-state index in [9.17, 15) is 0 Å². The average molecular weight is 387 g/mol. The first-order valence-electron chi connectivity index (χ1n) is 8.94. The number of benzene rings is 2. The van der Waals surface area contributed by atoms with Crippen molar-refractivity contribution >= 4 is 17.0 Å². The number of pyridine rings is 1. The summed E-state index contributed by atoms with van der Waals surface area (Å²) in [5.74, 6) is 1.59. The van der Waals surface area contributed by atoms with Gasteiger partial charge in [0.25, 0.3) is 0 Å². The van der Waals surface area contributed by atoms with E-state index < -0.39 is 0 Å². The molecule has 0 atom stereocenters. The number of rotatable bonds is 4. The zero-order chi connectivity index (χ0) is 18.8. The van der Waals surface area contributed by atoms with Gasteiger partial charge in [-0.25, -0.2) is 4.99 Å². The molecule has 0 unspecified atom stereocenters.